The van der Waals surface area contributed by atoms with Crippen LogP contribution in [0.15, 0.2) is 12.2 Å². The van der Waals surface area contributed by atoms with Crippen molar-refractivity contribution in [3.05, 3.63) is 12.2 Å². The molecule has 1 rings (SSSR count). The van der Waals surface area contributed by atoms with Crippen LogP contribution in [-0.4, -0.2) is 26.3 Å². The molecule has 2 nitrogen and oxygen atoms in total. The zero-order valence-corrected chi connectivity index (χ0v) is 7.88. The van der Waals surface area contributed by atoms with Gasteiger partial charge in [-0.1, -0.05) is 12.2 Å². The first-order valence-electron chi connectivity index (χ1n) is 4.83. The van der Waals surface area contributed by atoms with Crippen LogP contribution in [0.2, 0.25) is 0 Å². The van der Waals surface area contributed by atoms with Crippen molar-refractivity contribution >= 4 is 0 Å². The first-order valence-corrected chi connectivity index (χ1v) is 4.83. The summed E-state index contributed by atoms with van der Waals surface area (Å²) in [4.78, 5) is 0. The largest absolute Gasteiger partial charge is 0.377 e. The average Bonchev–Trinajstić information content (AvgIpc) is 2.14. The zero-order valence-electron chi connectivity index (χ0n) is 7.88. The molecule has 1 saturated heterocycles. The van der Waals surface area contributed by atoms with Crippen molar-refractivity contribution in [2.24, 2.45) is 5.92 Å². The minimum absolute atomic E-state index is 0.740. The fourth-order valence-corrected chi connectivity index (χ4v) is 1.47. The van der Waals surface area contributed by atoms with E-state index in [1.165, 1.54) is 19.4 Å². The molecule has 1 aliphatic heterocycles. The molecule has 1 N–H and O–H groups in total. The highest BCUT2D eigenvalue weighted by atomic mass is 16.5. The summed E-state index contributed by atoms with van der Waals surface area (Å²) in [5.41, 5.74) is 0. The van der Waals surface area contributed by atoms with Crippen LogP contribution >= 0.6 is 0 Å². The monoisotopic (exact) mass is 169 g/mol. The predicted octanol–water partition coefficient (Wildman–Crippen LogP) is 1.58. The van der Waals surface area contributed by atoms with Gasteiger partial charge >= 0.3 is 0 Å². The van der Waals surface area contributed by atoms with E-state index in [-0.39, 0.29) is 0 Å². The molecule has 0 saturated carbocycles. The Hall–Kier alpha value is -0.340. The van der Waals surface area contributed by atoms with Gasteiger partial charge in [0, 0.05) is 6.54 Å². The van der Waals surface area contributed by atoms with Gasteiger partial charge in [-0.05, 0) is 32.2 Å². The van der Waals surface area contributed by atoms with Gasteiger partial charge in [0.25, 0.3) is 0 Å². The molecule has 1 unspecified atom stereocenters. The molecule has 1 aliphatic rings. The van der Waals surface area contributed by atoms with Gasteiger partial charge in [-0.3, -0.25) is 0 Å². The van der Waals surface area contributed by atoms with Crippen molar-refractivity contribution in [3.8, 4) is 0 Å². The lowest BCUT2D eigenvalue weighted by Gasteiger charge is -2.22. The van der Waals surface area contributed by atoms with Gasteiger partial charge in [-0.15, -0.1) is 0 Å². The van der Waals surface area contributed by atoms with E-state index in [2.05, 4.69) is 11.4 Å². The molecular formula is C10H19NO. The molecule has 0 amide bonds. The number of hydrogen-bond acceptors (Lipinski definition) is 2. The van der Waals surface area contributed by atoms with Gasteiger partial charge in [-0.2, -0.15) is 0 Å². The van der Waals surface area contributed by atoms with Gasteiger partial charge in [-0.25, -0.2) is 0 Å². The fourth-order valence-electron chi connectivity index (χ4n) is 1.47. The molecule has 0 aliphatic carbocycles. The molecule has 12 heavy (non-hydrogen) atoms. The first kappa shape index (κ1) is 9.75. The molecule has 0 bridgehead atoms. The van der Waals surface area contributed by atoms with Crippen molar-refractivity contribution in [2.45, 2.75) is 19.8 Å². The van der Waals surface area contributed by atoms with Crippen molar-refractivity contribution in [3.63, 3.8) is 0 Å². The maximum Gasteiger partial charge on any atom is 0.0647 e. The predicted molar refractivity (Wildman–Crippen MR) is 51.2 cm³/mol. The van der Waals surface area contributed by atoms with Gasteiger partial charge in [0.1, 0.15) is 0 Å². The maximum atomic E-state index is 5.49. The third kappa shape index (κ3) is 3.88. The second kappa shape index (κ2) is 6.21. The molecule has 2 heteroatoms. The SMILES string of the molecule is CC=CCOCC1CCCNC1. The maximum absolute atomic E-state index is 5.49. The Kier molecular flexibility index (Phi) is 5.04. The van der Waals surface area contributed by atoms with E-state index < -0.39 is 0 Å². The van der Waals surface area contributed by atoms with E-state index in [9.17, 15) is 0 Å². The van der Waals surface area contributed by atoms with Crippen LogP contribution in [0, 0.1) is 5.92 Å². The van der Waals surface area contributed by atoms with Crippen LogP contribution in [0.5, 0.6) is 0 Å². The summed E-state index contributed by atoms with van der Waals surface area (Å²) in [5.74, 6) is 0.740. The van der Waals surface area contributed by atoms with Crippen molar-refractivity contribution in [1.82, 2.24) is 5.32 Å². The summed E-state index contributed by atoms with van der Waals surface area (Å²) >= 11 is 0. The number of hydrogen-bond donors (Lipinski definition) is 1. The number of nitrogens with one attached hydrogen (secondary N) is 1. The molecule has 1 atom stereocenters. The van der Waals surface area contributed by atoms with Crippen LogP contribution in [0.4, 0.5) is 0 Å². The highest BCUT2D eigenvalue weighted by molar-refractivity contribution is 4.76. The summed E-state index contributed by atoms with van der Waals surface area (Å²) in [6.45, 7) is 6.02. The normalized spacial score (nSPS) is 24.9. The van der Waals surface area contributed by atoms with E-state index in [0.717, 1.165) is 25.7 Å². The lowest BCUT2D eigenvalue weighted by molar-refractivity contribution is 0.111. The smallest absolute Gasteiger partial charge is 0.0647 e. The Bertz CT molecular complexity index is 128. The van der Waals surface area contributed by atoms with E-state index in [1.54, 1.807) is 0 Å². The summed E-state index contributed by atoms with van der Waals surface area (Å²) in [5, 5.41) is 3.38. The van der Waals surface area contributed by atoms with Gasteiger partial charge < -0.3 is 10.1 Å². The van der Waals surface area contributed by atoms with Crippen LogP contribution in [-0.2, 0) is 4.74 Å². The second-order valence-corrected chi connectivity index (χ2v) is 3.32. The molecule has 0 aromatic rings. The average molecular weight is 169 g/mol. The highest BCUT2D eigenvalue weighted by Gasteiger charge is 2.11. The lowest BCUT2D eigenvalue weighted by Crippen LogP contribution is -2.32. The summed E-state index contributed by atoms with van der Waals surface area (Å²) in [6, 6.07) is 0. The second-order valence-electron chi connectivity index (χ2n) is 3.32. The fraction of sp³-hybridized carbons (Fsp3) is 0.800. The third-order valence-electron chi connectivity index (χ3n) is 2.20. The third-order valence-corrected chi connectivity index (χ3v) is 2.20. The molecule has 0 aromatic carbocycles. The van der Waals surface area contributed by atoms with E-state index >= 15 is 0 Å². The van der Waals surface area contributed by atoms with E-state index in [0.29, 0.717) is 0 Å². The quantitative estimate of drug-likeness (QED) is 0.509. The van der Waals surface area contributed by atoms with Gasteiger partial charge in [0.2, 0.25) is 0 Å². The molecular weight excluding hydrogens is 150 g/mol. The molecule has 0 radical (unpaired) electrons. The summed E-state index contributed by atoms with van der Waals surface area (Å²) in [6.07, 6.45) is 6.70. The first-order chi connectivity index (χ1) is 5.93. The van der Waals surface area contributed by atoms with Crippen molar-refractivity contribution < 1.29 is 4.74 Å². The topological polar surface area (TPSA) is 21.3 Å². The van der Waals surface area contributed by atoms with Crippen molar-refractivity contribution in [2.75, 3.05) is 26.3 Å². The Balaban J connectivity index is 1.97. The van der Waals surface area contributed by atoms with Gasteiger partial charge in [0.05, 0.1) is 13.2 Å². The molecule has 0 aromatic heterocycles. The Morgan fingerprint density at radius 3 is 3.17 bits per heavy atom. The minimum atomic E-state index is 0.740. The number of piperidine rings is 1. The van der Waals surface area contributed by atoms with Crippen LogP contribution < -0.4 is 5.32 Å². The Morgan fingerprint density at radius 2 is 2.50 bits per heavy atom. The molecule has 0 spiro atoms. The van der Waals surface area contributed by atoms with Crippen LogP contribution in [0.1, 0.15) is 19.8 Å². The zero-order chi connectivity index (χ0) is 8.65. The Morgan fingerprint density at radius 1 is 1.58 bits per heavy atom. The van der Waals surface area contributed by atoms with Gasteiger partial charge in [0.15, 0.2) is 0 Å². The van der Waals surface area contributed by atoms with Crippen LogP contribution in [0.3, 0.4) is 0 Å². The molecule has 1 heterocycles. The van der Waals surface area contributed by atoms with E-state index in [1.807, 2.05) is 13.0 Å². The molecule has 1 fully saturated rings. The minimum Gasteiger partial charge on any atom is -0.377 e. The van der Waals surface area contributed by atoms with E-state index in [4.69, 9.17) is 4.74 Å². The highest BCUT2D eigenvalue weighted by Crippen LogP contribution is 2.09. The number of rotatable bonds is 4. The van der Waals surface area contributed by atoms with Crippen LogP contribution in [0.25, 0.3) is 0 Å². The molecule has 70 valence electrons. The lowest BCUT2D eigenvalue weighted by atomic mass is 10.0. The van der Waals surface area contributed by atoms with Crippen molar-refractivity contribution in [1.29, 1.82) is 0 Å². The standard InChI is InChI=1S/C10H19NO/c1-2-3-7-12-9-10-5-4-6-11-8-10/h2-3,10-11H,4-9H2,1H3. The summed E-state index contributed by atoms with van der Waals surface area (Å²) in [7, 11) is 0. The Labute approximate surface area is 75.0 Å². The number of allylic oxidation sites excluding steroid dienone is 1. The number of ether oxygens (including phenoxy) is 1. The summed E-state index contributed by atoms with van der Waals surface area (Å²) < 4.78 is 5.49.